The molecule has 0 radical (unpaired) electrons. The lowest BCUT2D eigenvalue weighted by molar-refractivity contribution is -0.166. The Bertz CT molecular complexity index is 553. The number of ether oxygens (including phenoxy) is 2. The molecule has 0 aromatic carbocycles. The quantitative estimate of drug-likeness (QED) is 0.808. The van der Waals surface area contributed by atoms with Crippen LogP contribution in [-0.4, -0.2) is 47.7 Å². The number of carbonyl (C=O) groups is 1. The van der Waals surface area contributed by atoms with Gasteiger partial charge in [0, 0.05) is 25.3 Å². The Balaban J connectivity index is 1.25. The van der Waals surface area contributed by atoms with Crippen molar-refractivity contribution in [1.29, 1.82) is 0 Å². The fourth-order valence-electron chi connectivity index (χ4n) is 3.75. The average Bonchev–Trinajstić information content (AvgIpc) is 3.23. The molecule has 3 fully saturated rings. The summed E-state index contributed by atoms with van der Waals surface area (Å²) in [6, 6.07) is 5.69. The highest BCUT2D eigenvalue weighted by atomic mass is 16.5. The van der Waals surface area contributed by atoms with Crippen LogP contribution in [-0.2, 0) is 9.53 Å². The molecule has 1 aromatic heterocycles. The molecule has 0 N–H and O–H groups in total. The Morgan fingerprint density at radius 3 is 2.96 bits per heavy atom. The van der Waals surface area contributed by atoms with Crippen LogP contribution in [0.2, 0.25) is 0 Å². The first-order valence-corrected chi connectivity index (χ1v) is 8.71. The standard InChI is InChI=1S/C18H24N2O3/c21-17(11-14-4-5-14)20-12-18(13-20)15(7-10-23-18)6-9-22-16-3-1-2-8-19-16/h1-3,8,14-15H,4-7,9-13H2. The molecule has 3 aliphatic rings. The van der Waals surface area contributed by atoms with E-state index in [-0.39, 0.29) is 5.60 Å². The largest absolute Gasteiger partial charge is 0.478 e. The zero-order valence-corrected chi connectivity index (χ0v) is 13.4. The lowest BCUT2D eigenvalue weighted by Gasteiger charge is -2.50. The van der Waals surface area contributed by atoms with Crippen LogP contribution in [0, 0.1) is 11.8 Å². The maximum absolute atomic E-state index is 12.2. The maximum atomic E-state index is 12.2. The summed E-state index contributed by atoms with van der Waals surface area (Å²) in [5.74, 6) is 2.13. The van der Waals surface area contributed by atoms with Gasteiger partial charge in [0.25, 0.3) is 0 Å². The third-order valence-corrected chi connectivity index (χ3v) is 5.38. The predicted molar refractivity (Wildman–Crippen MR) is 85.1 cm³/mol. The van der Waals surface area contributed by atoms with Crippen LogP contribution in [0.1, 0.15) is 32.1 Å². The maximum Gasteiger partial charge on any atom is 0.223 e. The Morgan fingerprint density at radius 1 is 1.35 bits per heavy atom. The van der Waals surface area contributed by atoms with Crippen molar-refractivity contribution in [2.24, 2.45) is 11.8 Å². The van der Waals surface area contributed by atoms with Gasteiger partial charge in [0.2, 0.25) is 11.8 Å². The Kier molecular flexibility index (Phi) is 3.97. The van der Waals surface area contributed by atoms with E-state index in [1.165, 1.54) is 12.8 Å². The summed E-state index contributed by atoms with van der Waals surface area (Å²) in [7, 11) is 0. The first kappa shape index (κ1) is 14.9. The fraction of sp³-hybridized carbons (Fsp3) is 0.667. The fourth-order valence-corrected chi connectivity index (χ4v) is 3.75. The van der Waals surface area contributed by atoms with E-state index in [1.807, 2.05) is 23.1 Å². The van der Waals surface area contributed by atoms with E-state index >= 15 is 0 Å². The van der Waals surface area contributed by atoms with Crippen LogP contribution in [0.15, 0.2) is 24.4 Å². The number of rotatable bonds is 6. The molecule has 1 amide bonds. The number of nitrogens with zero attached hydrogens (tertiary/aromatic N) is 2. The van der Waals surface area contributed by atoms with Crippen molar-refractivity contribution in [2.45, 2.75) is 37.7 Å². The molecule has 1 spiro atoms. The van der Waals surface area contributed by atoms with Crippen molar-refractivity contribution in [2.75, 3.05) is 26.3 Å². The van der Waals surface area contributed by atoms with Gasteiger partial charge < -0.3 is 14.4 Å². The Morgan fingerprint density at radius 2 is 2.22 bits per heavy atom. The second kappa shape index (κ2) is 6.11. The van der Waals surface area contributed by atoms with Gasteiger partial charge in [-0.3, -0.25) is 4.79 Å². The van der Waals surface area contributed by atoms with Crippen molar-refractivity contribution < 1.29 is 14.3 Å². The highest BCUT2D eigenvalue weighted by Crippen LogP contribution is 2.43. The first-order chi connectivity index (χ1) is 11.3. The normalized spacial score (nSPS) is 25.4. The van der Waals surface area contributed by atoms with Gasteiger partial charge in [0.1, 0.15) is 5.60 Å². The molecule has 1 saturated carbocycles. The minimum Gasteiger partial charge on any atom is -0.478 e. The molecule has 1 aromatic rings. The van der Waals surface area contributed by atoms with E-state index in [0.717, 1.165) is 39.0 Å². The molecule has 1 aliphatic carbocycles. The molecule has 2 aliphatic heterocycles. The second-order valence-electron chi connectivity index (χ2n) is 7.10. The minimum atomic E-state index is -0.104. The van der Waals surface area contributed by atoms with Crippen molar-refractivity contribution >= 4 is 5.91 Å². The molecule has 2 saturated heterocycles. The number of carbonyl (C=O) groups excluding carboxylic acids is 1. The third kappa shape index (κ3) is 3.20. The van der Waals surface area contributed by atoms with Crippen LogP contribution in [0.5, 0.6) is 5.88 Å². The van der Waals surface area contributed by atoms with Gasteiger partial charge in [-0.15, -0.1) is 0 Å². The van der Waals surface area contributed by atoms with E-state index < -0.39 is 0 Å². The topological polar surface area (TPSA) is 51.7 Å². The lowest BCUT2D eigenvalue weighted by atomic mass is 9.79. The van der Waals surface area contributed by atoms with Gasteiger partial charge in [0.15, 0.2) is 0 Å². The predicted octanol–water partition coefficient (Wildman–Crippen LogP) is 2.27. The minimum absolute atomic E-state index is 0.104. The van der Waals surface area contributed by atoms with Gasteiger partial charge in [0.05, 0.1) is 19.7 Å². The Labute approximate surface area is 137 Å². The summed E-state index contributed by atoms with van der Waals surface area (Å²) >= 11 is 0. The van der Waals surface area contributed by atoms with Gasteiger partial charge >= 0.3 is 0 Å². The molecule has 23 heavy (non-hydrogen) atoms. The van der Waals surface area contributed by atoms with E-state index in [4.69, 9.17) is 9.47 Å². The Hall–Kier alpha value is -1.62. The van der Waals surface area contributed by atoms with E-state index in [9.17, 15) is 4.79 Å². The molecule has 0 bridgehead atoms. The number of likely N-dealkylation sites (tertiary alicyclic amines) is 1. The van der Waals surface area contributed by atoms with E-state index in [0.29, 0.717) is 30.2 Å². The SMILES string of the molecule is O=C(CC1CC1)N1CC2(C1)OCCC2CCOc1ccccn1. The summed E-state index contributed by atoms with van der Waals surface area (Å²) in [5.41, 5.74) is -0.104. The molecule has 1 atom stereocenters. The number of aromatic nitrogens is 1. The van der Waals surface area contributed by atoms with Gasteiger partial charge in [-0.1, -0.05) is 6.07 Å². The molecular formula is C18H24N2O3. The molecule has 3 heterocycles. The molecule has 5 nitrogen and oxygen atoms in total. The highest BCUT2D eigenvalue weighted by Gasteiger charge is 2.54. The van der Waals surface area contributed by atoms with Crippen LogP contribution in [0.4, 0.5) is 0 Å². The highest BCUT2D eigenvalue weighted by molar-refractivity contribution is 5.78. The molecule has 4 rings (SSSR count). The van der Waals surface area contributed by atoms with Gasteiger partial charge in [-0.2, -0.15) is 0 Å². The summed E-state index contributed by atoms with van der Waals surface area (Å²) in [5, 5.41) is 0. The van der Waals surface area contributed by atoms with Crippen molar-refractivity contribution in [3.63, 3.8) is 0 Å². The summed E-state index contributed by atoms with van der Waals surface area (Å²) < 4.78 is 11.7. The van der Waals surface area contributed by atoms with E-state index in [2.05, 4.69) is 4.98 Å². The molecular weight excluding hydrogens is 292 g/mol. The average molecular weight is 316 g/mol. The monoisotopic (exact) mass is 316 g/mol. The first-order valence-electron chi connectivity index (χ1n) is 8.71. The number of hydrogen-bond acceptors (Lipinski definition) is 4. The third-order valence-electron chi connectivity index (χ3n) is 5.38. The molecule has 1 unspecified atom stereocenters. The number of hydrogen-bond donors (Lipinski definition) is 0. The number of pyridine rings is 1. The zero-order chi connectivity index (χ0) is 15.7. The van der Waals surface area contributed by atoms with Crippen LogP contribution >= 0.6 is 0 Å². The zero-order valence-electron chi connectivity index (χ0n) is 13.4. The van der Waals surface area contributed by atoms with Gasteiger partial charge in [-0.05, 0) is 43.6 Å². The smallest absolute Gasteiger partial charge is 0.223 e. The molecule has 5 heteroatoms. The van der Waals surface area contributed by atoms with Crippen molar-refractivity contribution in [1.82, 2.24) is 9.88 Å². The molecule has 124 valence electrons. The van der Waals surface area contributed by atoms with Crippen LogP contribution in [0.3, 0.4) is 0 Å². The van der Waals surface area contributed by atoms with Crippen LogP contribution < -0.4 is 4.74 Å². The van der Waals surface area contributed by atoms with Crippen molar-refractivity contribution in [3.8, 4) is 5.88 Å². The lowest BCUT2D eigenvalue weighted by Crippen LogP contribution is -2.66. The number of amides is 1. The van der Waals surface area contributed by atoms with E-state index in [1.54, 1.807) is 6.20 Å². The van der Waals surface area contributed by atoms with Gasteiger partial charge in [-0.25, -0.2) is 4.98 Å². The summed E-state index contributed by atoms with van der Waals surface area (Å²) in [6.45, 7) is 3.00. The summed E-state index contributed by atoms with van der Waals surface area (Å²) in [4.78, 5) is 18.3. The second-order valence-corrected chi connectivity index (χ2v) is 7.10. The van der Waals surface area contributed by atoms with Crippen molar-refractivity contribution in [3.05, 3.63) is 24.4 Å². The van der Waals surface area contributed by atoms with Crippen LogP contribution in [0.25, 0.3) is 0 Å². The summed E-state index contributed by atoms with van der Waals surface area (Å²) in [6.07, 6.45) is 6.97.